The molecule has 0 aliphatic carbocycles. The summed E-state index contributed by atoms with van der Waals surface area (Å²) in [6.07, 6.45) is 2.49. The lowest BCUT2D eigenvalue weighted by Gasteiger charge is -2.09. The molecular weight excluding hydrogens is 274 g/mol. The Morgan fingerprint density at radius 1 is 1.50 bits per heavy atom. The molecule has 1 heterocycles. The molecule has 0 atom stereocenters. The highest BCUT2D eigenvalue weighted by atomic mass is 32.2. The molecule has 0 radical (unpaired) electrons. The standard InChI is InChI=1S/C14H17N3O2S/c1-3-6-20-10-4-5-12(15)13(7-10)17-14(18)11-8-16-19-9(11)2/h4-5,7-8H,3,6,15H2,1-2H3,(H,17,18). The minimum Gasteiger partial charge on any atom is -0.397 e. The third kappa shape index (κ3) is 3.33. The van der Waals surface area contributed by atoms with Crippen LogP contribution in [-0.2, 0) is 0 Å². The second-order valence-corrected chi connectivity index (χ2v) is 5.52. The number of anilines is 2. The van der Waals surface area contributed by atoms with E-state index in [1.807, 2.05) is 12.1 Å². The van der Waals surface area contributed by atoms with Crippen molar-refractivity contribution >= 4 is 29.0 Å². The number of carbonyl (C=O) groups is 1. The Morgan fingerprint density at radius 3 is 2.95 bits per heavy atom. The van der Waals surface area contributed by atoms with Crippen LogP contribution >= 0.6 is 11.8 Å². The molecule has 3 N–H and O–H groups in total. The lowest BCUT2D eigenvalue weighted by Crippen LogP contribution is -2.13. The number of nitrogens with one attached hydrogen (secondary N) is 1. The summed E-state index contributed by atoms with van der Waals surface area (Å²) in [5.41, 5.74) is 7.45. The van der Waals surface area contributed by atoms with Crippen LogP contribution in [0.15, 0.2) is 33.8 Å². The summed E-state index contributed by atoms with van der Waals surface area (Å²) in [6.45, 7) is 3.82. The molecule has 106 valence electrons. The molecule has 0 aliphatic rings. The number of aromatic nitrogens is 1. The van der Waals surface area contributed by atoms with Crippen LogP contribution in [-0.4, -0.2) is 16.8 Å². The molecule has 1 amide bonds. The van der Waals surface area contributed by atoms with Crippen LogP contribution < -0.4 is 11.1 Å². The Bertz CT molecular complexity index is 610. The van der Waals surface area contributed by atoms with Crippen molar-refractivity contribution in [3.05, 3.63) is 35.7 Å². The van der Waals surface area contributed by atoms with E-state index in [0.717, 1.165) is 17.1 Å². The number of benzene rings is 1. The van der Waals surface area contributed by atoms with E-state index in [0.29, 0.717) is 22.7 Å². The van der Waals surface area contributed by atoms with Gasteiger partial charge in [-0.1, -0.05) is 12.1 Å². The highest BCUT2D eigenvalue weighted by Gasteiger charge is 2.14. The normalized spacial score (nSPS) is 10.5. The molecular formula is C14H17N3O2S. The predicted molar refractivity (Wildman–Crippen MR) is 81.1 cm³/mol. The summed E-state index contributed by atoms with van der Waals surface area (Å²) < 4.78 is 4.88. The molecule has 5 nitrogen and oxygen atoms in total. The first-order chi connectivity index (χ1) is 9.61. The number of nitrogen functional groups attached to an aromatic ring is 1. The average Bonchev–Trinajstić information content (AvgIpc) is 2.86. The number of aryl methyl sites for hydroxylation is 1. The highest BCUT2D eigenvalue weighted by molar-refractivity contribution is 7.99. The second-order valence-electron chi connectivity index (χ2n) is 4.35. The lowest BCUT2D eigenvalue weighted by atomic mass is 10.2. The van der Waals surface area contributed by atoms with Crippen molar-refractivity contribution in [2.24, 2.45) is 0 Å². The number of thioether (sulfide) groups is 1. The van der Waals surface area contributed by atoms with Gasteiger partial charge < -0.3 is 15.6 Å². The number of hydrogen-bond acceptors (Lipinski definition) is 5. The summed E-state index contributed by atoms with van der Waals surface area (Å²) in [5.74, 6) is 1.24. The number of carbonyl (C=O) groups excluding carboxylic acids is 1. The SMILES string of the molecule is CCCSc1ccc(N)c(NC(=O)c2cnoc2C)c1. The molecule has 2 aromatic rings. The first kappa shape index (κ1) is 14.5. The van der Waals surface area contributed by atoms with Crippen molar-refractivity contribution < 1.29 is 9.32 Å². The Kier molecular flexibility index (Phi) is 4.68. The maximum atomic E-state index is 12.1. The summed E-state index contributed by atoms with van der Waals surface area (Å²) in [6, 6.07) is 5.64. The van der Waals surface area contributed by atoms with Crippen molar-refractivity contribution in [3.63, 3.8) is 0 Å². The molecule has 0 saturated heterocycles. The van der Waals surface area contributed by atoms with Crippen molar-refractivity contribution in [1.29, 1.82) is 0 Å². The smallest absolute Gasteiger partial charge is 0.260 e. The van der Waals surface area contributed by atoms with Gasteiger partial charge in [-0.25, -0.2) is 0 Å². The Labute approximate surface area is 121 Å². The van der Waals surface area contributed by atoms with Gasteiger partial charge in [0.15, 0.2) is 0 Å². The van der Waals surface area contributed by atoms with Gasteiger partial charge in [0.05, 0.1) is 17.6 Å². The van der Waals surface area contributed by atoms with Crippen molar-refractivity contribution in [2.45, 2.75) is 25.2 Å². The van der Waals surface area contributed by atoms with E-state index in [2.05, 4.69) is 17.4 Å². The van der Waals surface area contributed by atoms with Crippen molar-refractivity contribution in [3.8, 4) is 0 Å². The zero-order valence-electron chi connectivity index (χ0n) is 11.5. The van der Waals surface area contributed by atoms with E-state index in [9.17, 15) is 4.79 Å². The Morgan fingerprint density at radius 2 is 2.30 bits per heavy atom. The number of rotatable bonds is 5. The number of nitrogens with zero attached hydrogens (tertiary/aromatic N) is 1. The molecule has 0 saturated carbocycles. The first-order valence-corrected chi connectivity index (χ1v) is 7.35. The summed E-state index contributed by atoms with van der Waals surface area (Å²) in [4.78, 5) is 13.2. The van der Waals surface area contributed by atoms with Gasteiger partial charge in [-0.2, -0.15) is 0 Å². The molecule has 1 aromatic heterocycles. The van der Waals surface area contributed by atoms with Gasteiger partial charge in [0.25, 0.3) is 5.91 Å². The number of nitrogens with two attached hydrogens (primary N) is 1. The van der Waals surface area contributed by atoms with E-state index in [1.54, 1.807) is 24.8 Å². The molecule has 6 heteroatoms. The Balaban J connectivity index is 2.16. The third-order valence-corrected chi connectivity index (χ3v) is 3.94. The first-order valence-electron chi connectivity index (χ1n) is 6.36. The fourth-order valence-corrected chi connectivity index (χ4v) is 2.46. The molecule has 2 rings (SSSR count). The van der Waals surface area contributed by atoms with Gasteiger partial charge in [0.2, 0.25) is 0 Å². The van der Waals surface area contributed by atoms with E-state index in [4.69, 9.17) is 10.3 Å². The van der Waals surface area contributed by atoms with Gasteiger partial charge in [-0.05, 0) is 37.3 Å². The van der Waals surface area contributed by atoms with Crippen LogP contribution in [0.5, 0.6) is 0 Å². The summed E-state index contributed by atoms with van der Waals surface area (Å²) in [5, 5.41) is 6.39. The van der Waals surface area contributed by atoms with Crippen molar-refractivity contribution in [1.82, 2.24) is 5.16 Å². The van der Waals surface area contributed by atoms with Crippen LogP contribution in [0.3, 0.4) is 0 Å². The lowest BCUT2D eigenvalue weighted by molar-refractivity contribution is 0.102. The van der Waals surface area contributed by atoms with Crippen LogP contribution in [0.1, 0.15) is 29.5 Å². The molecule has 0 spiro atoms. The molecule has 1 aromatic carbocycles. The van der Waals surface area contributed by atoms with E-state index >= 15 is 0 Å². The fraction of sp³-hybridized carbons (Fsp3) is 0.286. The van der Waals surface area contributed by atoms with Gasteiger partial charge in [-0.15, -0.1) is 11.8 Å². The second kappa shape index (κ2) is 6.47. The van der Waals surface area contributed by atoms with Crippen LogP contribution in [0.25, 0.3) is 0 Å². The number of hydrogen-bond donors (Lipinski definition) is 2. The largest absolute Gasteiger partial charge is 0.397 e. The predicted octanol–water partition coefficient (Wildman–Crippen LogP) is 3.32. The van der Waals surface area contributed by atoms with Crippen LogP contribution in [0.4, 0.5) is 11.4 Å². The van der Waals surface area contributed by atoms with Gasteiger partial charge in [0, 0.05) is 4.90 Å². The van der Waals surface area contributed by atoms with E-state index < -0.39 is 0 Å². The molecule has 0 aliphatic heterocycles. The van der Waals surface area contributed by atoms with Gasteiger partial charge >= 0.3 is 0 Å². The molecule has 20 heavy (non-hydrogen) atoms. The minimum atomic E-state index is -0.270. The fourth-order valence-electron chi connectivity index (χ4n) is 1.66. The molecule has 0 bridgehead atoms. The van der Waals surface area contributed by atoms with E-state index in [-0.39, 0.29) is 5.91 Å². The summed E-state index contributed by atoms with van der Waals surface area (Å²) >= 11 is 1.73. The van der Waals surface area contributed by atoms with Crippen LogP contribution in [0, 0.1) is 6.92 Å². The maximum absolute atomic E-state index is 12.1. The zero-order valence-corrected chi connectivity index (χ0v) is 12.3. The van der Waals surface area contributed by atoms with E-state index in [1.165, 1.54) is 6.20 Å². The maximum Gasteiger partial charge on any atom is 0.260 e. The third-order valence-electron chi connectivity index (χ3n) is 2.74. The Hall–Kier alpha value is -1.95. The van der Waals surface area contributed by atoms with Crippen molar-refractivity contribution in [2.75, 3.05) is 16.8 Å². The minimum absolute atomic E-state index is 0.270. The topological polar surface area (TPSA) is 81.1 Å². The highest BCUT2D eigenvalue weighted by Crippen LogP contribution is 2.27. The monoisotopic (exact) mass is 291 g/mol. The quantitative estimate of drug-likeness (QED) is 0.652. The zero-order chi connectivity index (χ0) is 14.5. The molecule has 0 fully saturated rings. The van der Waals surface area contributed by atoms with Gasteiger partial charge in [0.1, 0.15) is 11.3 Å². The van der Waals surface area contributed by atoms with Crippen LogP contribution in [0.2, 0.25) is 0 Å². The number of amides is 1. The van der Waals surface area contributed by atoms with Gasteiger partial charge in [-0.3, -0.25) is 4.79 Å². The summed E-state index contributed by atoms with van der Waals surface area (Å²) in [7, 11) is 0. The molecule has 0 unspecified atom stereocenters. The average molecular weight is 291 g/mol.